The van der Waals surface area contributed by atoms with E-state index < -0.39 is 59.1 Å². The Labute approximate surface area is 170 Å². The summed E-state index contributed by atoms with van der Waals surface area (Å²) in [4.78, 5) is -0.357. The van der Waals surface area contributed by atoms with E-state index in [1.807, 2.05) is 0 Å². The van der Waals surface area contributed by atoms with Gasteiger partial charge in [0.2, 0.25) is 0 Å². The van der Waals surface area contributed by atoms with Gasteiger partial charge < -0.3 is 0 Å². The first-order chi connectivity index (χ1) is 14.0. The quantitative estimate of drug-likeness (QED) is 0.624. The summed E-state index contributed by atoms with van der Waals surface area (Å²) in [6.45, 7) is 0. The predicted molar refractivity (Wildman–Crippen MR) is 98.3 cm³/mol. The summed E-state index contributed by atoms with van der Waals surface area (Å²) in [5, 5.41) is 9.43. The second-order valence-corrected chi connectivity index (χ2v) is 9.70. The fraction of sp³-hybridized carbons (Fsp3) is 0.381. The maximum Gasteiger partial charge on any atom is 0.175 e. The van der Waals surface area contributed by atoms with Crippen LogP contribution in [0.4, 0.5) is 22.0 Å². The molecule has 0 unspecified atom stereocenters. The number of hydrogen-bond donors (Lipinski definition) is 0. The van der Waals surface area contributed by atoms with Crippen molar-refractivity contribution < 1.29 is 30.4 Å². The molecule has 158 valence electrons. The molecule has 9 heteroatoms. The first-order valence-corrected chi connectivity index (χ1v) is 11.1. The van der Waals surface area contributed by atoms with Crippen molar-refractivity contribution >= 4 is 9.84 Å². The fourth-order valence-electron chi connectivity index (χ4n) is 4.61. The summed E-state index contributed by atoms with van der Waals surface area (Å²) < 4.78 is 95.9. The van der Waals surface area contributed by atoms with Gasteiger partial charge in [0.1, 0.15) is 18.2 Å². The highest BCUT2D eigenvalue weighted by molar-refractivity contribution is 7.90. The molecule has 3 nitrogen and oxygen atoms in total. The van der Waals surface area contributed by atoms with Gasteiger partial charge in [0.05, 0.1) is 16.5 Å². The van der Waals surface area contributed by atoms with Crippen molar-refractivity contribution in [2.24, 2.45) is 0 Å². The van der Waals surface area contributed by atoms with Gasteiger partial charge >= 0.3 is 0 Å². The summed E-state index contributed by atoms with van der Waals surface area (Å²) in [7, 11) is -3.87. The average Bonchev–Trinajstić information content (AvgIpc) is 2.97. The molecule has 2 aliphatic rings. The lowest BCUT2D eigenvalue weighted by Gasteiger charge is -2.33. The molecule has 0 radical (unpaired) electrons. The van der Waals surface area contributed by atoms with Gasteiger partial charge in [-0.25, -0.2) is 30.4 Å². The number of rotatable bonds is 2. The summed E-state index contributed by atoms with van der Waals surface area (Å²) in [6, 6.07) is 5.95. The van der Waals surface area contributed by atoms with Crippen molar-refractivity contribution in [1.82, 2.24) is 0 Å². The molecule has 2 aromatic rings. The van der Waals surface area contributed by atoms with Crippen molar-refractivity contribution in [3.8, 4) is 6.07 Å². The maximum atomic E-state index is 14.6. The van der Waals surface area contributed by atoms with Gasteiger partial charge in [0, 0.05) is 24.2 Å². The molecule has 0 fully saturated rings. The highest BCUT2D eigenvalue weighted by atomic mass is 32.2. The Morgan fingerprint density at radius 1 is 1.00 bits per heavy atom. The van der Waals surface area contributed by atoms with Crippen molar-refractivity contribution in [3.05, 3.63) is 63.5 Å². The van der Waals surface area contributed by atoms with Crippen LogP contribution in [0.25, 0.3) is 0 Å². The molecule has 0 bridgehead atoms. The van der Waals surface area contributed by atoms with Gasteiger partial charge in [0.15, 0.2) is 22.2 Å². The van der Waals surface area contributed by atoms with E-state index in [-0.39, 0.29) is 38.3 Å². The molecule has 0 aliphatic heterocycles. The molecule has 4 rings (SSSR count). The molecule has 0 spiro atoms. The first kappa shape index (κ1) is 20.8. The van der Waals surface area contributed by atoms with Gasteiger partial charge in [-0.2, -0.15) is 5.26 Å². The van der Waals surface area contributed by atoms with Crippen LogP contribution in [-0.2, 0) is 16.3 Å². The molecular formula is C21H16F5NO2S. The molecule has 0 amide bonds. The van der Waals surface area contributed by atoms with Gasteiger partial charge in [-0.15, -0.1) is 0 Å². The van der Waals surface area contributed by atoms with Crippen LogP contribution < -0.4 is 0 Å². The Hall–Kier alpha value is -2.47. The second-order valence-electron chi connectivity index (χ2n) is 7.71. The lowest BCUT2D eigenvalue weighted by Crippen LogP contribution is -2.25. The molecule has 2 aliphatic carbocycles. The third-order valence-corrected chi connectivity index (χ3v) is 7.00. The van der Waals surface area contributed by atoms with Gasteiger partial charge in [-0.05, 0) is 46.9 Å². The first-order valence-electron chi connectivity index (χ1n) is 9.20. The fourth-order valence-corrected chi connectivity index (χ4v) is 5.56. The molecule has 2 aromatic carbocycles. The molecule has 0 heterocycles. The van der Waals surface area contributed by atoms with Crippen molar-refractivity contribution in [1.29, 1.82) is 5.26 Å². The van der Waals surface area contributed by atoms with Crippen LogP contribution >= 0.6 is 0 Å². The lowest BCUT2D eigenvalue weighted by atomic mass is 9.74. The maximum absolute atomic E-state index is 14.6. The van der Waals surface area contributed by atoms with Crippen molar-refractivity contribution in [2.45, 2.75) is 48.3 Å². The Balaban J connectivity index is 2.00. The third kappa shape index (κ3) is 3.09. The van der Waals surface area contributed by atoms with E-state index in [1.54, 1.807) is 6.07 Å². The zero-order valence-electron chi connectivity index (χ0n) is 15.7. The largest absolute Gasteiger partial charge is 0.244 e. The zero-order chi connectivity index (χ0) is 22.0. The molecular weight excluding hydrogens is 425 g/mol. The predicted octanol–water partition coefficient (Wildman–Crippen LogP) is 4.89. The molecule has 0 N–H and O–H groups in total. The van der Waals surface area contributed by atoms with Crippen LogP contribution in [0.2, 0.25) is 0 Å². The van der Waals surface area contributed by atoms with Crippen LogP contribution in [0.3, 0.4) is 0 Å². The zero-order valence-corrected chi connectivity index (χ0v) is 16.5. The molecule has 30 heavy (non-hydrogen) atoms. The lowest BCUT2D eigenvalue weighted by molar-refractivity contribution is 0.141. The SMILES string of the molecule is CS(=O)(=O)c1ccc([C@H]2C[C@H](F)[C@H](F)c3cc(F)cc(C#N)c32)c2c1[C@@H](F)[C@H](F)C2. The van der Waals surface area contributed by atoms with Gasteiger partial charge in [-0.1, -0.05) is 6.07 Å². The smallest absolute Gasteiger partial charge is 0.175 e. The third-order valence-electron chi connectivity index (χ3n) is 5.84. The number of alkyl halides is 4. The highest BCUT2D eigenvalue weighted by Crippen LogP contribution is 2.50. The minimum Gasteiger partial charge on any atom is -0.244 e. The van der Waals surface area contributed by atoms with E-state index in [9.17, 15) is 35.6 Å². The summed E-state index contributed by atoms with van der Waals surface area (Å²) in [6.07, 6.45) is -8.31. The minimum absolute atomic E-state index is 0.0623. The number of nitrogens with zero attached hydrogens (tertiary/aromatic N) is 1. The van der Waals surface area contributed by atoms with E-state index in [1.165, 1.54) is 6.07 Å². The van der Waals surface area contributed by atoms with Gasteiger partial charge in [0.25, 0.3) is 0 Å². The number of benzene rings is 2. The standard InChI is InChI=1S/C21H16F5NO2S/c1-30(28,29)17-3-2-11(13-7-16(24)21(26)19(13)17)12-6-15(23)20(25)14-5-10(22)4-9(8-27)18(12)14/h2-5,12,15-16,20-21H,6-7H2,1H3/t12-,15+,16-,20-,21+/m1/s1. The second kappa shape index (κ2) is 7.05. The Bertz CT molecular complexity index is 1190. The molecule has 0 saturated heterocycles. The Kier molecular flexibility index (Phi) is 4.88. The van der Waals surface area contributed by atoms with E-state index >= 15 is 0 Å². The number of nitriles is 1. The number of fused-ring (bicyclic) bond motifs is 2. The molecule has 0 aromatic heterocycles. The normalized spacial score (nSPS) is 28.0. The van der Waals surface area contributed by atoms with Crippen LogP contribution in [0.15, 0.2) is 29.2 Å². The van der Waals surface area contributed by atoms with E-state index in [4.69, 9.17) is 0 Å². The number of hydrogen-bond acceptors (Lipinski definition) is 3. The van der Waals surface area contributed by atoms with Crippen LogP contribution in [0, 0.1) is 17.1 Å². The van der Waals surface area contributed by atoms with E-state index in [0.29, 0.717) is 0 Å². The van der Waals surface area contributed by atoms with Crippen molar-refractivity contribution in [2.75, 3.05) is 6.26 Å². The topological polar surface area (TPSA) is 57.9 Å². The highest BCUT2D eigenvalue weighted by Gasteiger charge is 2.43. The van der Waals surface area contributed by atoms with Crippen LogP contribution in [0.1, 0.15) is 58.1 Å². The Morgan fingerprint density at radius 3 is 2.33 bits per heavy atom. The minimum atomic E-state index is -3.87. The van der Waals surface area contributed by atoms with E-state index in [0.717, 1.165) is 24.5 Å². The number of halogens is 5. The van der Waals surface area contributed by atoms with Crippen molar-refractivity contribution in [3.63, 3.8) is 0 Å². The van der Waals surface area contributed by atoms with Crippen LogP contribution in [0.5, 0.6) is 0 Å². The van der Waals surface area contributed by atoms with E-state index in [2.05, 4.69) is 0 Å². The monoisotopic (exact) mass is 441 g/mol. The summed E-state index contributed by atoms with van der Waals surface area (Å²) in [5.74, 6) is -1.87. The average molecular weight is 441 g/mol. The number of sulfone groups is 1. The Morgan fingerprint density at radius 2 is 1.70 bits per heavy atom. The summed E-state index contributed by atoms with van der Waals surface area (Å²) >= 11 is 0. The van der Waals surface area contributed by atoms with Gasteiger partial charge in [-0.3, -0.25) is 0 Å². The molecule has 5 atom stereocenters. The molecule has 0 saturated carbocycles. The van der Waals surface area contributed by atoms with Crippen LogP contribution in [-0.4, -0.2) is 27.0 Å². The summed E-state index contributed by atoms with van der Waals surface area (Å²) in [5.41, 5.74) is -0.472.